The van der Waals surface area contributed by atoms with E-state index in [0.717, 1.165) is 15.4 Å². The first-order valence-electron chi connectivity index (χ1n) is 8.75. The predicted octanol–water partition coefficient (Wildman–Crippen LogP) is 4.87. The van der Waals surface area contributed by atoms with Crippen molar-refractivity contribution in [2.45, 2.75) is 20.4 Å². The lowest BCUT2D eigenvalue weighted by molar-refractivity contribution is 0.0944. The number of rotatable bonds is 5. The van der Waals surface area contributed by atoms with Gasteiger partial charge in [-0.15, -0.1) is 11.3 Å². The molecule has 2 aromatic carbocycles. The predicted molar refractivity (Wildman–Crippen MR) is 107 cm³/mol. The van der Waals surface area contributed by atoms with Gasteiger partial charge in [-0.2, -0.15) is 0 Å². The smallest absolute Gasteiger partial charge is 0.270 e. The molecule has 0 unspecified atom stereocenters. The number of carbonyl (C=O) groups is 1. The molecule has 28 heavy (non-hydrogen) atoms. The monoisotopic (exact) mass is 395 g/mol. The zero-order chi connectivity index (χ0) is 19.7. The molecule has 0 saturated heterocycles. The Balaban J connectivity index is 1.41. The Morgan fingerprint density at radius 1 is 1.11 bits per heavy atom. The Bertz CT molecular complexity index is 1130. The molecule has 0 atom stereocenters. The van der Waals surface area contributed by atoms with Crippen LogP contribution in [-0.2, 0) is 6.54 Å². The Morgan fingerprint density at radius 2 is 1.75 bits per heavy atom. The van der Waals surface area contributed by atoms with Crippen LogP contribution in [0.2, 0.25) is 0 Å². The van der Waals surface area contributed by atoms with Gasteiger partial charge in [-0.25, -0.2) is 9.37 Å². The van der Waals surface area contributed by atoms with Crippen LogP contribution in [0.1, 0.15) is 26.6 Å². The number of imidazole rings is 1. The summed E-state index contributed by atoms with van der Waals surface area (Å²) in [4.78, 5) is 19.0. The first kappa shape index (κ1) is 18.2. The van der Waals surface area contributed by atoms with Gasteiger partial charge in [-0.05, 0) is 55.8 Å². The third kappa shape index (κ3) is 3.75. The summed E-state index contributed by atoms with van der Waals surface area (Å²) in [5.41, 5.74) is 2.22. The number of hydrogen-bond acceptors (Lipinski definition) is 4. The minimum absolute atomic E-state index is 0.158. The van der Waals surface area contributed by atoms with Gasteiger partial charge < -0.3 is 10.1 Å². The van der Waals surface area contributed by atoms with Crippen LogP contribution in [0.25, 0.3) is 4.96 Å². The summed E-state index contributed by atoms with van der Waals surface area (Å²) in [6.07, 6.45) is 1.93. The molecule has 7 heteroatoms. The van der Waals surface area contributed by atoms with Gasteiger partial charge in [-0.3, -0.25) is 9.20 Å². The van der Waals surface area contributed by atoms with Crippen molar-refractivity contribution >= 4 is 22.2 Å². The molecule has 0 radical (unpaired) electrons. The minimum atomic E-state index is -0.304. The second-order valence-corrected chi connectivity index (χ2v) is 7.64. The van der Waals surface area contributed by atoms with Gasteiger partial charge >= 0.3 is 0 Å². The molecule has 4 aromatic rings. The van der Waals surface area contributed by atoms with Crippen LogP contribution in [-0.4, -0.2) is 15.3 Å². The number of aryl methyl sites for hydroxylation is 2. The summed E-state index contributed by atoms with van der Waals surface area (Å²) in [6.45, 7) is 4.23. The van der Waals surface area contributed by atoms with Crippen LogP contribution >= 0.6 is 11.3 Å². The third-order valence-electron chi connectivity index (χ3n) is 4.26. The van der Waals surface area contributed by atoms with E-state index in [4.69, 9.17) is 4.74 Å². The molecular weight excluding hydrogens is 377 g/mol. The normalized spacial score (nSPS) is 11.0. The molecule has 142 valence electrons. The van der Waals surface area contributed by atoms with E-state index in [0.29, 0.717) is 29.4 Å². The van der Waals surface area contributed by atoms with Gasteiger partial charge in [0.2, 0.25) is 0 Å². The van der Waals surface area contributed by atoms with E-state index in [-0.39, 0.29) is 11.7 Å². The van der Waals surface area contributed by atoms with Crippen molar-refractivity contribution < 1.29 is 13.9 Å². The fourth-order valence-electron chi connectivity index (χ4n) is 2.92. The molecule has 5 nitrogen and oxygen atoms in total. The lowest BCUT2D eigenvalue weighted by Crippen LogP contribution is -2.24. The molecule has 2 aromatic heterocycles. The summed E-state index contributed by atoms with van der Waals surface area (Å²) >= 11 is 1.56. The number of halogens is 1. The van der Waals surface area contributed by atoms with Crippen LogP contribution < -0.4 is 10.1 Å². The number of thiazole rings is 1. The summed E-state index contributed by atoms with van der Waals surface area (Å²) in [7, 11) is 0. The Hall–Kier alpha value is -3.19. The van der Waals surface area contributed by atoms with Crippen molar-refractivity contribution in [2.75, 3.05) is 0 Å². The van der Waals surface area contributed by atoms with E-state index >= 15 is 0 Å². The molecule has 0 aliphatic carbocycles. The molecule has 4 rings (SSSR count). The number of carbonyl (C=O) groups excluding carboxylic acids is 1. The zero-order valence-corrected chi connectivity index (χ0v) is 16.2. The SMILES string of the molecule is Cc1cn2c(C(=O)NCc3ccc(Oc4ccc(F)cc4)cc3)c(C)nc2s1. The van der Waals surface area contributed by atoms with Crippen molar-refractivity contribution in [3.8, 4) is 11.5 Å². The highest BCUT2D eigenvalue weighted by Gasteiger charge is 2.17. The number of nitrogens with zero attached hydrogens (tertiary/aromatic N) is 2. The van der Waals surface area contributed by atoms with Gasteiger partial charge in [-0.1, -0.05) is 12.1 Å². The maximum absolute atomic E-state index is 12.9. The maximum atomic E-state index is 12.9. The summed E-state index contributed by atoms with van der Waals surface area (Å²) in [5, 5.41) is 2.94. The molecule has 0 saturated carbocycles. The average molecular weight is 395 g/mol. The average Bonchev–Trinajstić information content (AvgIpc) is 3.17. The quantitative estimate of drug-likeness (QED) is 0.524. The number of benzene rings is 2. The molecule has 0 aliphatic rings. The molecule has 0 aliphatic heterocycles. The van der Waals surface area contributed by atoms with Crippen LogP contribution in [0.5, 0.6) is 11.5 Å². The van der Waals surface area contributed by atoms with Crippen molar-refractivity contribution in [1.82, 2.24) is 14.7 Å². The van der Waals surface area contributed by atoms with Crippen LogP contribution in [0.4, 0.5) is 4.39 Å². The Labute approximate surface area is 165 Å². The van der Waals surface area contributed by atoms with E-state index in [1.165, 1.54) is 12.1 Å². The van der Waals surface area contributed by atoms with E-state index < -0.39 is 0 Å². The van der Waals surface area contributed by atoms with Gasteiger partial charge in [0.1, 0.15) is 23.0 Å². The third-order valence-corrected chi connectivity index (χ3v) is 5.15. The van der Waals surface area contributed by atoms with Crippen LogP contribution in [0.3, 0.4) is 0 Å². The van der Waals surface area contributed by atoms with E-state index in [2.05, 4.69) is 10.3 Å². The van der Waals surface area contributed by atoms with Gasteiger partial charge in [0.25, 0.3) is 5.91 Å². The topological polar surface area (TPSA) is 55.6 Å². The molecule has 0 bridgehead atoms. The number of ether oxygens (including phenoxy) is 1. The van der Waals surface area contributed by atoms with Crippen molar-refractivity contribution in [3.05, 3.63) is 82.4 Å². The summed E-state index contributed by atoms with van der Waals surface area (Å²) in [6, 6.07) is 13.2. The van der Waals surface area contributed by atoms with Crippen LogP contribution in [0, 0.1) is 19.7 Å². The number of hydrogen-bond donors (Lipinski definition) is 1. The number of fused-ring (bicyclic) bond motifs is 1. The number of amides is 1. The number of aromatic nitrogens is 2. The second kappa shape index (κ2) is 7.44. The standard InChI is InChI=1S/C21H18FN3O2S/c1-13-12-25-19(14(2)24-21(25)28-13)20(26)23-11-15-3-7-17(8-4-15)27-18-9-5-16(22)6-10-18/h3-10,12H,11H2,1-2H3,(H,23,26). The van der Waals surface area contributed by atoms with Crippen LogP contribution in [0.15, 0.2) is 54.7 Å². The highest BCUT2D eigenvalue weighted by molar-refractivity contribution is 7.17. The molecule has 0 fully saturated rings. The first-order chi connectivity index (χ1) is 13.5. The highest BCUT2D eigenvalue weighted by atomic mass is 32.1. The largest absolute Gasteiger partial charge is 0.457 e. The van der Waals surface area contributed by atoms with E-state index in [1.54, 1.807) is 23.5 Å². The van der Waals surface area contributed by atoms with Gasteiger partial charge in [0.15, 0.2) is 4.96 Å². The number of nitrogens with one attached hydrogen (secondary N) is 1. The fourth-order valence-corrected chi connectivity index (χ4v) is 3.79. The minimum Gasteiger partial charge on any atom is -0.457 e. The van der Waals surface area contributed by atoms with Gasteiger partial charge in [0, 0.05) is 17.6 Å². The summed E-state index contributed by atoms with van der Waals surface area (Å²) < 4.78 is 20.5. The molecule has 2 heterocycles. The summed E-state index contributed by atoms with van der Waals surface area (Å²) in [5.74, 6) is 0.744. The van der Waals surface area contributed by atoms with Crippen molar-refractivity contribution in [1.29, 1.82) is 0 Å². The van der Waals surface area contributed by atoms with Crippen molar-refractivity contribution in [2.24, 2.45) is 0 Å². The zero-order valence-electron chi connectivity index (χ0n) is 15.4. The lowest BCUT2D eigenvalue weighted by Gasteiger charge is -2.08. The van der Waals surface area contributed by atoms with E-state index in [9.17, 15) is 9.18 Å². The second-order valence-electron chi connectivity index (χ2n) is 6.42. The fraction of sp³-hybridized carbons (Fsp3) is 0.143. The Morgan fingerprint density at radius 3 is 2.43 bits per heavy atom. The molecule has 0 spiro atoms. The van der Waals surface area contributed by atoms with E-state index in [1.807, 2.05) is 48.7 Å². The molecular formula is C21H18FN3O2S. The molecule has 1 amide bonds. The Kier molecular flexibility index (Phi) is 4.83. The van der Waals surface area contributed by atoms with Crippen molar-refractivity contribution in [3.63, 3.8) is 0 Å². The molecule has 1 N–H and O–H groups in total. The van der Waals surface area contributed by atoms with Gasteiger partial charge in [0.05, 0.1) is 5.69 Å². The highest BCUT2D eigenvalue weighted by Crippen LogP contribution is 2.23. The maximum Gasteiger partial charge on any atom is 0.270 e. The first-order valence-corrected chi connectivity index (χ1v) is 9.57. The lowest BCUT2D eigenvalue weighted by atomic mass is 10.2.